The molecule has 4 aliphatic rings. The molecule has 2 saturated heterocycles. The van der Waals surface area contributed by atoms with E-state index in [1.165, 1.54) is 6.07 Å². The molecule has 14 heteroatoms. The van der Waals surface area contributed by atoms with Gasteiger partial charge >= 0.3 is 6.55 Å². The molecule has 4 fully saturated rings. The van der Waals surface area contributed by atoms with Gasteiger partial charge < -0.3 is 19.9 Å². The van der Waals surface area contributed by atoms with Gasteiger partial charge in [-0.2, -0.15) is 13.1 Å². The maximum Gasteiger partial charge on any atom is 0.329 e. The predicted molar refractivity (Wildman–Crippen MR) is 169 cm³/mol. The standard InChI is InChI=1S/C32H37F2N7O4S/c1-45-27-15-20(31(42)39-21-8-10-22(35)23(39)11-9-21)14-26-36-28(29(40(26)27)18-5-6-18)24-13-19-7-12-25(41(32(33)34)46(2,43)44)37-30(19)38(24)16-17-3-4-17/h7,12-15,17-18,21-23,32H,3-6,8-11,16,35H2,1-2H3/t21-,22-,23-/m1/s1. The van der Waals surface area contributed by atoms with Gasteiger partial charge in [-0.15, -0.1) is 0 Å². The van der Waals surface area contributed by atoms with Crippen LogP contribution in [0.3, 0.4) is 0 Å². The highest BCUT2D eigenvalue weighted by molar-refractivity contribution is 7.92. The molecular formula is C32H37F2N7O4S. The van der Waals surface area contributed by atoms with E-state index >= 15 is 0 Å². The highest BCUT2D eigenvalue weighted by Gasteiger charge is 2.44. The topological polar surface area (TPSA) is 128 Å². The van der Waals surface area contributed by atoms with Crippen molar-refractivity contribution in [3.8, 4) is 17.3 Å². The van der Waals surface area contributed by atoms with Crippen LogP contribution in [0.25, 0.3) is 28.1 Å². The number of sulfonamides is 1. The number of aromatic nitrogens is 4. The molecule has 2 aliphatic carbocycles. The Hall–Kier alpha value is -3.78. The van der Waals surface area contributed by atoms with E-state index in [0.717, 1.165) is 74.7 Å². The largest absolute Gasteiger partial charge is 0.482 e. The molecule has 3 atom stereocenters. The number of alkyl halides is 2. The smallest absolute Gasteiger partial charge is 0.329 e. The van der Waals surface area contributed by atoms with Crippen LogP contribution < -0.4 is 14.8 Å². The molecule has 2 bridgehead atoms. The molecule has 46 heavy (non-hydrogen) atoms. The number of nitrogens with two attached hydrogens (primary N) is 1. The zero-order valence-corrected chi connectivity index (χ0v) is 26.6. The number of amides is 1. The number of piperidine rings is 1. The van der Waals surface area contributed by atoms with Crippen LogP contribution in [0.2, 0.25) is 0 Å². The number of anilines is 1. The van der Waals surface area contributed by atoms with Gasteiger partial charge in [-0.3, -0.25) is 9.20 Å². The van der Waals surface area contributed by atoms with Gasteiger partial charge in [0.25, 0.3) is 5.91 Å². The molecule has 0 radical (unpaired) electrons. The van der Waals surface area contributed by atoms with Gasteiger partial charge in [-0.1, -0.05) is 0 Å². The number of rotatable bonds is 9. The third-order valence-corrected chi connectivity index (χ3v) is 11.2. The SMILES string of the molecule is COc1cc(C(=O)N2[C@@H]3CC[C@@H](N)[C@H]2CC3)cc2nc(-c3cc4ccc(N(C(F)F)S(C)(=O)=O)nc4n3CC3CC3)c(C3CC3)n12. The minimum absolute atomic E-state index is 0.0273. The van der Waals surface area contributed by atoms with Crippen LogP contribution in [0.1, 0.15) is 73.3 Å². The summed E-state index contributed by atoms with van der Waals surface area (Å²) >= 11 is 0. The van der Waals surface area contributed by atoms with Crippen molar-refractivity contribution in [2.45, 2.75) is 88.5 Å². The Morgan fingerprint density at radius 3 is 2.50 bits per heavy atom. The zero-order chi connectivity index (χ0) is 32.1. The number of methoxy groups -OCH3 is 1. The summed E-state index contributed by atoms with van der Waals surface area (Å²) in [6.45, 7) is -2.67. The van der Waals surface area contributed by atoms with Gasteiger partial charge in [-0.25, -0.2) is 18.4 Å². The number of halogens is 2. The van der Waals surface area contributed by atoms with Gasteiger partial charge in [0.1, 0.15) is 22.8 Å². The van der Waals surface area contributed by atoms with E-state index in [9.17, 15) is 22.0 Å². The molecule has 8 rings (SSSR count). The lowest BCUT2D eigenvalue weighted by Gasteiger charge is -2.38. The van der Waals surface area contributed by atoms with Crippen molar-refractivity contribution in [1.82, 2.24) is 23.8 Å². The molecule has 1 amide bonds. The van der Waals surface area contributed by atoms with E-state index in [1.54, 1.807) is 19.2 Å². The number of imidazole rings is 1. The van der Waals surface area contributed by atoms with Crippen LogP contribution in [0.15, 0.2) is 30.3 Å². The number of carbonyl (C=O) groups excluding carboxylic acids is 1. The molecular weight excluding hydrogens is 616 g/mol. The fraction of sp³-hybridized carbons (Fsp3) is 0.531. The first-order valence-corrected chi connectivity index (χ1v) is 17.8. The molecule has 2 aliphatic heterocycles. The van der Waals surface area contributed by atoms with E-state index < -0.39 is 16.6 Å². The van der Waals surface area contributed by atoms with Gasteiger partial charge in [0.05, 0.1) is 24.8 Å². The lowest BCUT2D eigenvalue weighted by atomic mass is 9.97. The van der Waals surface area contributed by atoms with Gasteiger partial charge in [-0.05, 0) is 81.5 Å². The summed E-state index contributed by atoms with van der Waals surface area (Å²) < 4.78 is 62.3. The quantitative estimate of drug-likeness (QED) is 0.259. The highest BCUT2D eigenvalue weighted by Crippen LogP contribution is 2.47. The second-order valence-electron chi connectivity index (χ2n) is 13.4. The molecule has 0 unspecified atom stereocenters. The Kier molecular flexibility index (Phi) is 6.84. The Morgan fingerprint density at radius 2 is 1.83 bits per heavy atom. The van der Waals surface area contributed by atoms with Crippen LogP contribution in [0.4, 0.5) is 14.6 Å². The summed E-state index contributed by atoms with van der Waals surface area (Å²) in [6, 6.07) is 8.71. The first kappa shape index (κ1) is 29.6. The molecule has 4 aromatic heterocycles. The average molecular weight is 654 g/mol. The molecule has 244 valence electrons. The fourth-order valence-electron chi connectivity index (χ4n) is 7.61. The van der Waals surface area contributed by atoms with Crippen molar-refractivity contribution in [1.29, 1.82) is 0 Å². The van der Waals surface area contributed by atoms with E-state index in [-0.39, 0.29) is 40.1 Å². The predicted octanol–water partition coefficient (Wildman–Crippen LogP) is 4.73. The summed E-state index contributed by atoms with van der Waals surface area (Å²) in [6.07, 6.45) is 8.47. The van der Waals surface area contributed by atoms with Gasteiger partial charge in [0, 0.05) is 47.6 Å². The second kappa shape index (κ2) is 10.6. The first-order valence-electron chi connectivity index (χ1n) is 16.0. The Labute approximate surface area is 265 Å². The summed E-state index contributed by atoms with van der Waals surface area (Å²) in [5.74, 6) is 0.746. The fourth-order valence-corrected chi connectivity index (χ4v) is 8.34. The normalized spacial score (nSPS) is 23.2. The average Bonchev–Trinajstić information content (AvgIpc) is 3.92. The molecule has 0 aromatic carbocycles. The third kappa shape index (κ3) is 4.83. The van der Waals surface area contributed by atoms with E-state index in [2.05, 4.69) is 4.98 Å². The highest BCUT2D eigenvalue weighted by atomic mass is 32.2. The van der Waals surface area contributed by atoms with Crippen molar-refractivity contribution < 1.29 is 26.7 Å². The van der Waals surface area contributed by atoms with Gasteiger partial charge in [0.15, 0.2) is 5.88 Å². The van der Waals surface area contributed by atoms with Crippen molar-refractivity contribution in [3.63, 3.8) is 0 Å². The molecule has 2 N–H and O–H groups in total. The first-order chi connectivity index (χ1) is 22.0. The van der Waals surface area contributed by atoms with E-state index in [1.807, 2.05) is 26.0 Å². The Balaban J connectivity index is 1.29. The van der Waals surface area contributed by atoms with Crippen LogP contribution >= 0.6 is 0 Å². The maximum absolute atomic E-state index is 14.0. The van der Waals surface area contributed by atoms with E-state index in [0.29, 0.717) is 40.6 Å². The van der Waals surface area contributed by atoms with Crippen LogP contribution in [0, 0.1) is 5.92 Å². The summed E-state index contributed by atoms with van der Waals surface area (Å²) in [5.41, 5.74) is 10.4. The Morgan fingerprint density at radius 1 is 1.07 bits per heavy atom. The summed E-state index contributed by atoms with van der Waals surface area (Å²) in [7, 11) is -2.68. The minimum Gasteiger partial charge on any atom is -0.482 e. The molecule has 11 nitrogen and oxygen atoms in total. The third-order valence-electron chi connectivity index (χ3n) is 10.1. The lowest BCUT2D eigenvalue weighted by Crippen LogP contribution is -2.53. The van der Waals surface area contributed by atoms with Crippen LogP contribution in [-0.4, -0.2) is 76.2 Å². The lowest BCUT2D eigenvalue weighted by molar-refractivity contribution is 0.0562. The minimum atomic E-state index is -4.27. The molecule has 0 spiro atoms. The zero-order valence-electron chi connectivity index (χ0n) is 25.8. The number of pyridine rings is 2. The number of fused-ring (bicyclic) bond motifs is 4. The van der Waals surface area contributed by atoms with Crippen molar-refractivity contribution >= 4 is 38.4 Å². The maximum atomic E-state index is 14.0. The number of hydrogen-bond donors (Lipinski definition) is 1. The number of ether oxygens (including phenoxy) is 1. The number of nitrogens with zero attached hydrogens (tertiary/aromatic N) is 6. The monoisotopic (exact) mass is 653 g/mol. The number of hydrogen-bond acceptors (Lipinski definition) is 7. The van der Waals surface area contributed by atoms with Gasteiger partial charge in [0.2, 0.25) is 10.0 Å². The van der Waals surface area contributed by atoms with Crippen LogP contribution in [0.5, 0.6) is 5.88 Å². The van der Waals surface area contributed by atoms with Crippen molar-refractivity contribution in [3.05, 3.63) is 41.6 Å². The number of carbonyl (C=O) groups is 1. The molecule has 2 saturated carbocycles. The van der Waals surface area contributed by atoms with Crippen molar-refractivity contribution in [2.24, 2.45) is 11.7 Å². The Bertz CT molecular complexity index is 1980. The molecule has 4 aromatic rings. The van der Waals surface area contributed by atoms with Crippen molar-refractivity contribution in [2.75, 3.05) is 17.7 Å². The summed E-state index contributed by atoms with van der Waals surface area (Å²) in [4.78, 5) is 25.6. The van der Waals surface area contributed by atoms with E-state index in [4.69, 9.17) is 15.5 Å². The second-order valence-corrected chi connectivity index (χ2v) is 15.2. The van der Waals surface area contributed by atoms with Crippen LogP contribution in [-0.2, 0) is 16.6 Å². The molecule has 6 heterocycles. The summed E-state index contributed by atoms with van der Waals surface area (Å²) in [5, 5.41) is 0.695.